The Morgan fingerprint density at radius 3 is 2.57 bits per heavy atom. The van der Waals surface area contributed by atoms with E-state index in [1.807, 2.05) is 12.1 Å². The minimum Gasteiger partial charge on any atom is -0.491 e. The average Bonchev–Trinajstić information content (AvgIpc) is 2.21. The molecular weight excluding hydrogens is 178 g/mol. The van der Waals surface area contributed by atoms with Crippen molar-refractivity contribution in [3.63, 3.8) is 0 Å². The Kier molecular flexibility index (Phi) is 4.58. The van der Waals surface area contributed by atoms with E-state index >= 15 is 0 Å². The molecule has 76 valence electrons. The maximum absolute atomic E-state index is 5.53. The van der Waals surface area contributed by atoms with E-state index in [2.05, 4.69) is 6.58 Å². The average molecular weight is 193 g/mol. The Morgan fingerprint density at radius 1 is 1.21 bits per heavy atom. The molecule has 0 aliphatic heterocycles. The van der Waals surface area contributed by atoms with Crippen LogP contribution in [-0.2, 0) is 4.74 Å². The van der Waals surface area contributed by atoms with Gasteiger partial charge in [0, 0.05) is 5.69 Å². The molecule has 14 heavy (non-hydrogen) atoms. The van der Waals surface area contributed by atoms with Gasteiger partial charge in [0.25, 0.3) is 0 Å². The van der Waals surface area contributed by atoms with Gasteiger partial charge in [-0.1, -0.05) is 6.08 Å². The molecule has 0 amide bonds. The Hall–Kier alpha value is -1.48. The molecule has 2 N–H and O–H groups in total. The van der Waals surface area contributed by atoms with Gasteiger partial charge in [-0.15, -0.1) is 6.58 Å². The van der Waals surface area contributed by atoms with Crippen molar-refractivity contribution in [1.29, 1.82) is 0 Å². The minimum absolute atomic E-state index is 0.539. The zero-order valence-corrected chi connectivity index (χ0v) is 8.11. The summed E-state index contributed by atoms with van der Waals surface area (Å²) in [4.78, 5) is 0. The summed E-state index contributed by atoms with van der Waals surface area (Å²) < 4.78 is 10.6. The van der Waals surface area contributed by atoms with Crippen LogP contribution in [0.2, 0.25) is 0 Å². The number of benzene rings is 1. The normalized spacial score (nSPS) is 9.71. The van der Waals surface area contributed by atoms with E-state index < -0.39 is 0 Å². The first-order valence-corrected chi connectivity index (χ1v) is 4.50. The third-order valence-electron chi connectivity index (χ3n) is 1.61. The molecule has 0 bridgehead atoms. The van der Waals surface area contributed by atoms with E-state index in [0.29, 0.717) is 19.8 Å². The van der Waals surface area contributed by atoms with E-state index in [1.165, 1.54) is 0 Å². The highest BCUT2D eigenvalue weighted by molar-refractivity contribution is 5.41. The van der Waals surface area contributed by atoms with Crippen LogP contribution in [0.3, 0.4) is 0 Å². The van der Waals surface area contributed by atoms with Gasteiger partial charge >= 0.3 is 0 Å². The summed E-state index contributed by atoms with van der Waals surface area (Å²) in [6.45, 7) is 5.21. The van der Waals surface area contributed by atoms with Crippen LogP contribution in [0.15, 0.2) is 36.9 Å². The van der Waals surface area contributed by atoms with Gasteiger partial charge in [-0.05, 0) is 24.3 Å². The van der Waals surface area contributed by atoms with Gasteiger partial charge in [0.05, 0.1) is 13.2 Å². The summed E-state index contributed by atoms with van der Waals surface area (Å²) in [6.07, 6.45) is 1.71. The van der Waals surface area contributed by atoms with Gasteiger partial charge in [0.15, 0.2) is 0 Å². The van der Waals surface area contributed by atoms with Crippen LogP contribution in [0, 0.1) is 0 Å². The highest BCUT2D eigenvalue weighted by Gasteiger charge is 1.92. The van der Waals surface area contributed by atoms with Gasteiger partial charge in [-0.25, -0.2) is 0 Å². The Balaban J connectivity index is 2.18. The van der Waals surface area contributed by atoms with Crippen molar-refractivity contribution in [3.8, 4) is 5.75 Å². The summed E-state index contributed by atoms with van der Waals surface area (Å²) in [7, 11) is 0. The largest absolute Gasteiger partial charge is 0.491 e. The van der Waals surface area contributed by atoms with E-state index in [9.17, 15) is 0 Å². The molecule has 0 radical (unpaired) electrons. The molecule has 0 spiro atoms. The third kappa shape index (κ3) is 3.96. The van der Waals surface area contributed by atoms with Gasteiger partial charge in [0.2, 0.25) is 0 Å². The standard InChI is InChI=1S/C11H15NO2/c1-2-7-13-8-9-14-11-5-3-10(12)4-6-11/h2-6H,1,7-9,12H2. The van der Waals surface area contributed by atoms with Gasteiger partial charge in [-0.2, -0.15) is 0 Å². The molecule has 1 aromatic rings. The van der Waals surface area contributed by atoms with Crippen LogP contribution in [0.5, 0.6) is 5.75 Å². The first kappa shape index (κ1) is 10.6. The fourth-order valence-electron chi connectivity index (χ4n) is 0.949. The molecule has 0 aliphatic rings. The Labute approximate surface area is 84.1 Å². The van der Waals surface area contributed by atoms with Crippen molar-refractivity contribution >= 4 is 5.69 Å². The lowest BCUT2D eigenvalue weighted by atomic mass is 10.3. The molecule has 0 aromatic heterocycles. The molecular formula is C11H15NO2. The molecule has 1 aromatic carbocycles. The summed E-state index contributed by atoms with van der Waals surface area (Å²) in [5.74, 6) is 0.807. The van der Waals surface area contributed by atoms with Crippen LogP contribution in [0.4, 0.5) is 5.69 Å². The topological polar surface area (TPSA) is 44.5 Å². The second kappa shape index (κ2) is 6.05. The SMILES string of the molecule is C=CCOCCOc1ccc(N)cc1. The third-order valence-corrected chi connectivity index (χ3v) is 1.61. The maximum Gasteiger partial charge on any atom is 0.119 e. The van der Waals surface area contributed by atoms with Crippen molar-refractivity contribution in [2.24, 2.45) is 0 Å². The van der Waals surface area contributed by atoms with Crippen LogP contribution in [0.25, 0.3) is 0 Å². The minimum atomic E-state index is 0.539. The van der Waals surface area contributed by atoms with Crippen molar-refractivity contribution in [1.82, 2.24) is 0 Å². The first-order valence-electron chi connectivity index (χ1n) is 4.50. The highest BCUT2D eigenvalue weighted by atomic mass is 16.5. The van der Waals surface area contributed by atoms with Crippen molar-refractivity contribution < 1.29 is 9.47 Å². The molecule has 0 atom stereocenters. The number of hydrogen-bond donors (Lipinski definition) is 1. The zero-order valence-electron chi connectivity index (χ0n) is 8.11. The Bertz CT molecular complexity index is 269. The molecule has 3 heteroatoms. The number of nitrogen functional groups attached to an aromatic ring is 1. The van der Waals surface area contributed by atoms with E-state index in [4.69, 9.17) is 15.2 Å². The smallest absolute Gasteiger partial charge is 0.119 e. The molecule has 0 unspecified atom stereocenters. The quantitative estimate of drug-likeness (QED) is 0.426. The number of anilines is 1. The summed E-state index contributed by atoms with van der Waals surface area (Å²) in [5, 5.41) is 0. The lowest BCUT2D eigenvalue weighted by Crippen LogP contribution is -2.06. The number of ether oxygens (including phenoxy) is 2. The maximum atomic E-state index is 5.53. The molecule has 0 heterocycles. The molecule has 0 aliphatic carbocycles. The first-order chi connectivity index (χ1) is 6.83. The molecule has 1 rings (SSSR count). The molecule has 0 fully saturated rings. The van der Waals surface area contributed by atoms with E-state index in [-0.39, 0.29) is 0 Å². The molecule has 0 saturated carbocycles. The van der Waals surface area contributed by atoms with Crippen LogP contribution in [-0.4, -0.2) is 19.8 Å². The highest BCUT2D eigenvalue weighted by Crippen LogP contribution is 2.12. The van der Waals surface area contributed by atoms with Gasteiger partial charge in [-0.3, -0.25) is 0 Å². The van der Waals surface area contributed by atoms with Crippen LogP contribution in [0.1, 0.15) is 0 Å². The van der Waals surface area contributed by atoms with Crippen molar-refractivity contribution in [2.45, 2.75) is 0 Å². The number of nitrogens with two attached hydrogens (primary N) is 1. The predicted molar refractivity (Wildman–Crippen MR) is 57.4 cm³/mol. The lowest BCUT2D eigenvalue weighted by Gasteiger charge is -2.05. The van der Waals surface area contributed by atoms with Gasteiger partial charge in [0.1, 0.15) is 12.4 Å². The second-order valence-electron chi connectivity index (χ2n) is 2.78. The lowest BCUT2D eigenvalue weighted by molar-refractivity contribution is 0.121. The van der Waals surface area contributed by atoms with E-state index in [0.717, 1.165) is 11.4 Å². The summed E-state index contributed by atoms with van der Waals surface area (Å²) >= 11 is 0. The van der Waals surface area contributed by atoms with Crippen LogP contribution < -0.4 is 10.5 Å². The van der Waals surface area contributed by atoms with Gasteiger partial charge < -0.3 is 15.2 Å². The van der Waals surface area contributed by atoms with Crippen molar-refractivity contribution in [3.05, 3.63) is 36.9 Å². The predicted octanol–water partition coefficient (Wildman–Crippen LogP) is 1.85. The monoisotopic (exact) mass is 193 g/mol. The number of rotatable bonds is 6. The van der Waals surface area contributed by atoms with Crippen molar-refractivity contribution in [2.75, 3.05) is 25.6 Å². The molecule has 3 nitrogen and oxygen atoms in total. The van der Waals surface area contributed by atoms with E-state index in [1.54, 1.807) is 18.2 Å². The second-order valence-corrected chi connectivity index (χ2v) is 2.78. The summed E-state index contributed by atoms with van der Waals surface area (Å²) in [5.41, 5.74) is 6.27. The fourth-order valence-corrected chi connectivity index (χ4v) is 0.949. The van der Waals surface area contributed by atoms with Crippen LogP contribution >= 0.6 is 0 Å². The Morgan fingerprint density at radius 2 is 1.93 bits per heavy atom. The zero-order chi connectivity index (χ0) is 10.2. The number of hydrogen-bond acceptors (Lipinski definition) is 3. The fraction of sp³-hybridized carbons (Fsp3) is 0.273. The molecule has 0 saturated heterocycles. The summed E-state index contributed by atoms with van der Waals surface area (Å²) in [6, 6.07) is 7.28.